The summed E-state index contributed by atoms with van der Waals surface area (Å²) in [7, 11) is 0. The van der Waals surface area contributed by atoms with Gasteiger partial charge in [-0.2, -0.15) is 0 Å². The fraction of sp³-hybridized carbons (Fsp3) is 0.571. The number of hydrogen-bond acceptors (Lipinski definition) is 13. The lowest BCUT2D eigenvalue weighted by molar-refractivity contribution is -0.383. The number of benzene rings is 1. The van der Waals surface area contributed by atoms with E-state index in [1.807, 2.05) is 0 Å². The highest BCUT2D eigenvalue weighted by Gasteiger charge is 2.58. The summed E-state index contributed by atoms with van der Waals surface area (Å²) in [5.74, 6) is -3.08. The lowest BCUT2D eigenvalue weighted by atomic mass is 9.99. The van der Waals surface area contributed by atoms with Crippen LogP contribution in [-0.4, -0.2) is 121 Å². The summed E-state index contributed by atoms with van der Waals surface area (Å²) in [4.78, 5) is 12.0. The predicted molar refractivity (Wildman–Crippen MR) is 110 cm³/mol. The van der Waals surface area contributed by atoms with Gasteiger partial charge in [-0.25, -0.2) is 4.79 Å². The molecular weight excluding hydrogens is 460 g/mol. The SMILES string of the molecule is O=C(/C=C\c1ccc(O)cc1)OC[C@H]1O[C@H](O[C@]2(CO)O[C@H](CO)[C@@H](O)[C@@H]2O)[C@H](O)[C@@H](O)[C@@H]1O. The molecule has 0 radical (unpaired) electrons. The van der Waals surface area contributed by atoms with E-state index in [4.69, 9.17) is 18.9 Å². The number of aliphatic hydroxyl groups is 7. The van der Waals surface area contributed by atoms with E-state index < -0.39 is 80.6 Å². The van der Waals surface area contributed by atoms with Gasteiger partial charge in [-0.15, -0.1) is 0 Å². The number of carbonyl (C=O) groups excluding carboxylic acids is 1. The number of ether oxygens (including phenoxy) is 4. The van der Waals surface area contributed by atoms with Gasteiger partial charge in [0, 0.05) is 6.08 Å². The molecule has 0 amide bonds. The maximum atomic E-state index is 12.0. The molecule has 9 atom stereocenters. The number of hydrogen-bond donors (Lipinski definition) is 8. The van der Waals surface area contributed by atoms with Crippen molar-refractivity contribution in [2.45, 2.75) is 54.8 Å². The topological polar surface area (TPSA) is 216 Å². The molecule has 2 aliphatic heterocycles. The Bertz CT molecular complexity index is 846. The van der Waals surface area contributed by atoms with E-state index in [2.05, 4.69) is 0 Å². The monoisotopic (exact) mass is 488 g/mol. The summed E-state index contributed by atoms with van der Waals surface area (Å²) in [6.07, 6.45) is -10.9. The molecule has 2 fully saturated rings. The molecule has 3 rings (SSSR count). The molecule has 0 aliphatic carbocycles. The molecule has 0 unspecified atom stereocenters. The molecule has 2 aliphatic rings. The lowest BCUT2D eigenvalue weighted by Gasteiger charge is -2.43. The highest BCUT2D eigenvalue weighted by atomic mass is 16.8. The van der Waals surface area contributed by atoms with E-state index in [0.717, 1.165) is 6.08 Å². The van der Waals surface area contributed by atoms with Crippen LogP contribution in [-0.2, 0) is 23.7 Å². The van der Waals surface area contributed by atoms with Crippen LogP contribution in [0.25, 0.3) is 6.08 Å². The van der Waals surface area contributed by atoms with Gasteiger partial charge in [0.05, 0.1) is 6.61 Å². The number of aromatic hydroxyl groups is 1. The van der Waals surface area contributed by atoms with Crippen LogP contribution in [0.15, 0.2) is 30.3 Å². The quantitative estimate of drug-likeness (QED) is 0.132. The number of aliphatic hydroxyl groups excluding tert-OH is 7. The molecule has 0 aromatic heterocycles. The van der Waals surface area contributed by atoms with E-state index >= 15 is 0 Å². The zero-order chi connectivity index (χ0) is 25.0. The van der Waals surface area contributed by atoms with Crippen molar-refractivity contribution in [3.63, 3.8) is 0 Å². The minimum absolute atomic E-state index is 0.0561. The molecule has 0 spiro atoms. The first kappa shape index (κ1) is 26.4. The fourth-order valence-electron chi connectivity index (χ4n) is 3.58. The van der Waals surface area contributed by atoms with Crippen LogP contribution in [0.4, 0.5) is 0 Å². The van der Waals surface area contributed by atoms with Crippen LogP contribution in [0, 0.1) is 0 Å². The third-order valence-electron chi connectivity index (χ3n) is 5.59. The van der Waals surface area contributed by atoms with Gasteiger partial charge < -0.3 is 59.8 Å². The Kier molecular flexibility index (Phi) is 8.59. The Morgan fingerprint density at radius 3 is 2.24 bits per heavy atom. The van der Waals surface area contributed by atoms with Gasteiger partial charge in [0.2, 0.25) is 5.79 Å². The largest absolute Gasteiger partial charge is 0.508 e. The van der Waals surface area contributed by atoms with Crippen molar-refractivity contribution in [2.24, 2.45) is 0 Å². The Labute approximate surface area is 193 Å². The smallest absolute Gasteiger partial charge is 0.330 e. The minimum Gasteiger partial charge on any atom is -0.508 e. The van der Waals surface area contributed by atoms with Crippen molar-refractivity contribution in [3.05, 3.63) is 35.9 Å². The van der Waals surface area contributed by atoms with Gasteiger partial charge in [-0.3, -0.25) is 0 Å². The Hall–Kier alpha value is -2.17. The number of phenolic OH excluding ortho intramolecular Hbond substituents is 1. The second kappa shape index (κ2) is 11.0. The van der Waals surface area contributed by atoms with E-state index in [1.165, 1.54) is 18.2 Å². The normalized spacial score (nSPS) is 38.3. The Balaban J connectivity index is 1.64. The molecule has 13 nitrogen and oxygen atoms in total. The Morgan fingerprint density at radius 1 is 0.971 bits per heavy atom. The van der Waals surface area contributed by atoms with E-state index in [0.29, 0.717) is 5.56 Å². The summed E-state index contributed by atoms with van der Waals surface area (Å²) < 4.78 is 21.0. The van der Waals surface area contributed by atoms with Crippen molar-refractivity contribution >= 4 is 12.0 Å². The number of rotatable bonds is 8. The van der Waals surface area contributed by atoms with E-state index in [-0.39, 0.29) is 5.75 Å². The standard InChI is InChI=1S/C21H28O13/c22-7-12-16(27)19(30)21(9-23,33-12)34-20-18(29)17(28)15(26)13(32-20)8-31-14(25)6-3-10-1-4-11(24)5-2-10/h1-6,12-13,15-20,22-24,26-30H,7-9H2/b6-3-/t12-,13-,15-,16-,17+,18-,19+,20-,21+/m1/s1. The molecule has 2 heterocycles. The van der Waals surface area contributed by atoms with Gasteiger partial charge in [-0.05, 0) is 23.8 Å². The zero-order valence-electron chi connectivity index (χ0n) is 17.8. The fourth-order valence-corrected chi connectivity index (χ4v) is 3.58. The average molecular weight is 488 g/mol. The Morgan fingerprint density at radius 2 is 1.65 bits per heavy atom. The van der Waals surface area contributed by atoms with Crippen LogP contribution in [0.1, 0.15) is 5.56 Å². The maximum absolute atomic E-state index is 12.0. The highest BCUT2D eigenvalue weighted by molar-refractivity contribution is 5.87. The van der Waals surface area contributed by atoms with Crippen molar-refractivity contribution in [1.82, 2.24) is 0 Å². The third kappa shape index (κ3) is 5.55. The molecule has 2 saturated heterocycles. The third-order valence-corrected chi connectivity index (χ3v) is 5.59. The van der Waals surface area contributed by atoms with Crippen LogP contribution in [0.5, 0.6) is 5.75 Å². The van der Waals surface area contributed by atoms with Crippen LogP contribution in [0.3, 0.4) is 0 Å². The van der Waals surface area contributed by atoms with Crippen molar-refractivity contribution in [2.75, 3.05) is 19.8 Å². The molecule has 13 heteroatoms. The first-order valence-corrected chi connectivity index (χ1v) is 10.4. The number of phenols is 1. The van der Waals surface area contributed by atoms with Crippen molar-refractivity contribution in [3.8, 4) is 5.75 Å². The average Bonchev–Trinajstić information content (AvgIpc) is 3.08. The maximum Gasteiger partial charge on any atom is 0.330 e. The minimum atomic E-state index is -2.31. The predicted octanol–water partition coefficient (Wildman–Crippen LogP) is -3.43. The van der Waals surface area contributed by atoms with Gasteiger partial charge in [0.25, 0.3) is 0 Å². The highest BCUT2D eigenvalue weighted by Crippen LogP contribution is 2.36. The molecule has 1 aromatic carbocycles. The lowest BCUT2D eigenvalue weighted by Crippen LogP contribution is -2.62. The van der Waals surface area contributed by atoms with Crippen LogP contribution < -0.4 is 0 Å². The van der Waals surface area contributed by atoms with Gasteiger partial charge in [-0.1, -0.05) is 12.1 Å². The summed E-state index contributed by atoms with van der Waals surface area (Å²) in [6.45, 7) is -2.30. The van der Waals surface area contributed by atoms with Crippen LogP contribution >= 0.6 is 0 Å². The van der Waals surface area contributed by atoms with E-state index in [9.17, 15) is 45.6 Å². The van der Waals surface area contributed by atoms with Gasteiger partial charge >= 0.3 is 5.97 Å². The summed E-state index contributed by atoms with van der Waals surface area (Å²) in [6, 6.07) is 5.97. The zero-order valence-corrected chi connectivity index (χ0v) is 17.8. The molecule has 8 N–H and O–H groups in total. The summed E-state index contributed by atoms with van der Waals surface area (Å²) in [5, 5.41) is 79.1. The van der Waals surface area contributed by atoms with Crippen LogP contribution in [0.2, 0.25) is 0 Å². The number of carbonyl (C=O) groups is 1. The van der Waals surface area contributed by atoms with Crippen molar-refractivity contribution in [1.29, 1.82) is 0 Å². The molecular formula is C21H28O13. The molecule has 34 heavy (non-hydrogen) atoms. The first-order valence-electron chi connectivity index (χ1n) is 10.4. The van der Waals surface area contributed by atoms with Crippen molar-refractivity contribution < 1.29 is 64.6 Å². The van der Waals surface area contributed by atoms with Gasteiger partial charge in [0.1, 0.15) is 61.7 Å². The molecule has 0 bridgehead atoms. The summed E-state index contributed by atoms with van der Waals surface area (Å²) >= 11 is 0. The first-order chi connectivity index (χ1) is 16.1. The summed E-state index contributed by atoms with van der Waals surface area (Å²) in [5.41, 5.74) is 0.600. The number of esters is 1. The molecule has 0 saturated carbocycles. The van der Waals surface area contributed by atoms with Gasteiger partial charge in [0.15, 0.2) is 6.29 Å². The second-order valence-corrected chi connectivity index (χ2v) is 7.93. The van der Waals surface area contributed by atoms with E-state index in [1.54, 1.807) is 12.1 Å². The molecule has 190 valence electrons. The molecule has 1 aromatic rings. The second-order valence-electron chi connectivity index (χ2n) is 7.93.